The standard InChI is InChI=1S/C12H14N2O/c1-12(2,3)11-9-5-4-8(7-15)6-10(9)13-14-11/h4-7H,1-3H3,(H,13,14). The highest BCUT2D eigenvalue weighted by Crippen LogP contribution is 2.27. The molecule has 0 saturated carbocycles. The molecule has 0 bridgehead atoms. The van der Waals surface area contributed by atoms with Crippen molar-refractivity contribution in [2.24, 2.45) is 0 Å². The number of carbonyl (C=O) groups is 1. The summed E-state index contributed by atoms with van der Waals surface area (Å²) in [7, 11) is 0. The summed E-state index contributed by atoms with van der Waals surface area (Å²) in [6.07, 6.45) is 0.838. The molecule has 15 heavy (non-hydrogen) atoms. The maximum atomic E-state index is 10.6. The van der Waals surface area contributed by atoms with E-state index in [0.29, 0.717) is 5.56 Å². The second kappa shape index (κ2) is 3.19. The van der Waals surface area contributed by atoms with Gasteiger partial charge in [0.05, 0.1) is 5.52 Å². The van der Waals surface area contributed by atoms with E-state index in [9.17, 15) is 4.79 Å². The van der Waals surface area contributed by atoms with Crippen LogP contribution in [0.15, 0.2) is 18.2 Å². The zero-order valence-electron chi connectivity index (χ0n) is 9.16. The van der Waals surface area contributed by atoms with Gasteiger partial charge in [-0.25, -0.2) is 0 Å². The van der Waals surface area contributed by atoms with Gasteiger partial charge in [-0.3, -0.25) is 9.89 Å². The molecular weight excluding hydrogens is 188 g/mol. The number of aldehydes is 1. The molecule has 1 aromatic heterocycles. The number of H-pyrrole nitrogens is 1. The average molecular weight is 202 g/mol. The lowest BCUT2D eigenvalue weighted by molar-refractivity contribution is 0.112. The van der Waals surface area contributed by atoms with Crippen molar-refractivity contribution in [1.29, 1.82) is 0 Å². The number of rotatable bonds is 1. The van der Waals surface area contributed by atoms with E-state index >= 15 is 0 Å². The van der Waals surface area contributed by atoms with E-state index < -0.39 is 0 Å². The molecule has 1 heterocycles. The van der Waals surface area contributed by atoms with Crippen LogP contribution >= 0.6 is 0 Å². The molecule has 3 heteroatoms. The van der Waals surface area contributed by atoms with E-state index in [0.717, 1.165) is 22.9 Å². The van der Waals surface area contributed by atoms with Crippen LogP contribution in [0.5, 0.6) is 0 Å². The largest absolute Gasteiger partial charge is 0.298 e. The van der Waals surface area contributed by atoms with Crippen molar-refractivity contribution in [3.63, 3.8) is 0 Å². The lowest BCUT2D eigenvalue weighted by Gasteiger charge is -2.16. The molecule has 2 aromatic rings. The molecule has 0 spiro atoms. The van der Waals surface area contributed by atoms with Crippen LogP contribution in [0.4, 0.5) is 0 Å². The first-order valence-corrected chi connectivity index (χ1v) is 4.96. The van der Waals surface area contributed by atoms with Crippen molar-refractivity contribution >= 4 is 17.2 Å². The quantitative estimate of drug-likeness (QED) is 0.722. The summed E-state index contributed by atoms with van der Waals surface area (Å²) in [5.74, 6) is 0. The number of nitrogens with zero attached hydrogens (tertiary/aromatic N) is 1. The summed E-state index contributed by atoms with van der Waals surface area (Å²) in [6.45, 7) is 6.40. The van der Waals surface area contributed by atoms with Crippen LogP contribution in [0.1, 0.15) is 36.8 Å². The third-order valence-corrected chi connectivity index (χ3v) is 2.47. The lowest BCUT2D eigenvalue weighted by atomic mass is 9.90. The van der Waals surface area contributed by atoms with Gasteiger partial charge in [-0.1, -0.05) is 32.9 Å². The van der Waals surface area contributed by atoms with Crippen LogP contribution in [0, 0.1) is 0 Å². The number of aromatic amines is 1. The van der Waals surface area contributed by atoms with Crippen LogP contribution in [0.25, 0.3) is 10.9 Å². The summed E-state index contributed by atoms with van der Waals surface area (Å²) < 4.78 is 0. The highest BCUT2D eigenvalue weighted by atomic mass is 16.1. The third kappa shape index (κ3) is 1.65. The number of benzene rings is 1. The van der Waals surface area contributed by atoms with E-state index in [1.807, 2.05) is 12.1 Å². The van der Waals surface area contributed by atoms with Crippen molar-refractivity contribution in [3.05, 3.63) is 29.5 Å². The number of aromatic nitrogens is 2. The van der Waals surface area contributed by atoms with Gasteiger partial charge >= 0.3 is 0 Å². The van der Waals surface area contributed by atoms with Crippen molar-refractivity contribution in [2.45, 2.75) is 26.2 Å². The van der Waals surface area contributed by atoms with E-state index in [4.69, 9.17) is 0 Å². The van der Waals surface area contributed by atoms with Gasteiger partial charge in [-0.05, 0) is 6.07 Å². The molecule has 2 rings (SSSR count). The fraction of sp³-hybridized carbons (Fsp3) is 0.333. The summed E-state index contributed by atoms with van der Waals surface area (Å²) >= 11 is 0. The number of carbonyl (C=O) groups excluding carboxylic acids is 1. The van der Waals surface area contributed by atoms with Gasteiger partial charge in [-0.15, -0.1) is 0 Å². The van der Waals surface area contributed by atoms with Gasteiger partial charge in [-0.2, -0.15) is 5.10 Å². The van der Waals surface area contributed by atoms with Crippen LogP contribution in [0.2, 0.25) is 0 Å². The molecule has 0 radical (unpaired) electrons. The molecule has 3 nitrogen and oxygen atoms in total. The van der Waals surface area contributed by atoms with Gasteiger partial charge in [0.25, 0.3) is 0 Å². The van der Waals surface area contributed by atoms with Crippen LogP contribution in [0.3, 0.4) is 0 Å². The van der Waals surface area contributed by atoms with Gasteiger partial charge in [0.15, 0.2) is 0 Å². The first kappa shape index (κ1) is 9.90. The van der Waals surface area contributed by atoms with Gasteiger partial charge < -0.3 is 0 Å². The molecule has 0 aliphatic heterocycles. The maximum absolute atomic E-state index is 10.6. The minimum atomic E-state index is 0.0391. The summed E-state index contributed by atoms with van der Waals surface area (Å²) in [6, 6.07) is 5.57. The van der Waals surface area contributed by atoms with E-state index in [1.165, 1.54) is 0 Å². The average Bonchev–Trinajstić information content (AvgIpc) is 2.59. The highest BCUT2D eigenvalue weighted by molar-refractivity contribution is 5.88. The summed E-state index contributed by atoms with van der Waals surface area (Å²) in [4.78, 5) is 10.6. The van der Waals surface area contributed by atoms with Crippen molar-refractivity contribution < 1.29 is 4.79 Å². The molecule has 0 fully saturated rings. The van der Waals surface area contributed by atoms with Gasteiger partial charge in [0.2, 0.25) is 0 Å². The smallest absolute Gasteiger partial charge is 0.150 e. The molecule has 0 saturated heterocycles. The van der Waals surface area contributed by atoms with E-state index in [-0.39, 0.29) is 5.41 Å². The second-order valence-corrected chi connectivity index (χ2v) is 4.74. The van der Waals surface area contributed by atoms with Crippen molar-refractivity contribution in [1.82, 2.24) is 10.2 Å². The third-order valence-electron chi connectivity index (χ3n) is 2.47. The molecular formula is C12H14N2O. The maximum Gasteiger partial charge on any atom is 0.150 e. The molecule has 0 atom stereocenters. The SMILES string of the molecule is CC(C)(C)c1[nH]nc2cc(C=O)ccc12. The second-order valence-electron chi connectivity index (χ2n) is 4.74. The molecule has 1 aromatic carbocycles. The van der Waals surface area contributed by atoms with Crippen LogP contribution in [-0.4, -0.2) is 16.5 Å². The monoisotopic (exact) mass is 202 g/mol. The first-order chi connectivity index (χ1) is 7.02. The lowest BCUT2D eigenvalue weighted by Crippen LogP contribution is -2.11. The van der Waals surface area contributed by atoms with Gasteiger partial charge in [0, 0.05) is 22.1 Å². The number of hydrogen-bond acceptors (Lipinski definition) is 2. The van der Waals surface area contributed by atoms with Crippen LogP contribution < -0.4 is 0 Å². The Morgan fingerprint density at radius 1 is 1.33 bits per heavy atom. The number of hydrogen-bond donors (Lipinski definition) is 1. The molecule has 0 aliphatic carbocycles. The zero-order valence-corrected chi connectivity index (χ0v) is 9.16. The molecule has 78 valence electrons. The molecule has 0 unspecified atom stereocenters. The zero-order chi connectivity index (χ0) is 11.1. The summed E-state index contributed by atoms with van der Waals surface area (Å²) in [5.41, 5.74) is 2.66. The molecule has 0 amide bonds. The fourth-order valence-electron chi connectivity index (χ4n) is 1.67. The van der Waals surface area contributed by atoms with E-state index in [2.05, 4.69) is 31.0 Å². The first-order valence-electron chi connectivity index (χ1n) is 4.96. The Kier molecular flexibility index (Phi) is 2.11. The molecule has 1 N–H and O–H groups in total. The fourth-order valence-corrected chi connectivity index (χ4v) is 1.67. The Morgan fingerprint density at radius 2 is 2.07 bits per heavy atom. The Morgan fingerprint density at radius 3 is 2.67 bits per heavy atom. The Balaban J connectivity index is 2.67. The van der Waals surface area contributed by atoms with Gasteiger partial charge in [0.1, 0.15) is 6.29 Å². The minimum absolute atomic E-state index is 0.0391. The predicted octanol–water partition coefficient (Wildman–Crippen LogP) is 2.67. The highest BCUT2D eigenvalue weighted by Gasteiger charge is 2.19. The number of fused-ring (bicyclic) bond motifs is 1. The Bertz CT molecular complexity index is 506. The predicted molar refractivity (Wildman–Crippen MR) is 60.2 cm³/mol. The molecule has 0 aliphatic rings. The van der Waals surface area contributed by atoms with E-state index in [1.54, 1.807) is 6.07 Å². The Labute approximate surface area is 88.5 Å². The number of nitrogens with one attached hydrogen (secondary N) is 1. The minimum Gasteiger partial charge on any atom is -0.298 e. The van der Waals surface area contributed by atoms with Crippen LogP contribution in [-0.2, 0) is 5.41 Å². The Hall–Kier alpha value is -1.64. The van der Waals surface area contributed by atoms with Crippen molar-refractivity contribution in [3.8, 4) is 0 Å². The van der Waals surface area contributed by atoms with Crippen molar-refractivity contribution in [2.75, 3.05) is 0 Å². The summed E-state index contributed by atoms with van der Waals surface area (Å²) in [5, 5.41) is 8.34. The topological polar surface area (TPSA) is 45.8 Å². The normalized spacial score (nSPS) is 11.9.